The Morgan fingerprint density at radius 2 is 2.11 bits per heavy atom. The minimum absolute atomic E-state index is 0.0544. The van der Waals surface area contributed by atoms with Crippen LogP contribution >= 0.6 is 0 Å². The number of hydrogen-bond donors (Lipinski definition) is 2. The third-order valence-electron chi connectivity index (χ3n) is 5.04. The maximum absolute atomic E-state index is 12.2. The standard InChI is InChI=1S/C20H20N4O3/c1-2-15-17(20(26)27)18-21-10-9-16(24(18)23-15)13-7-4-8-14(11-13)22-19(25)12-5-3-6-12/h4,7-12H,2-3,5-6H2,1H3,(H,22,25)(H,26,27). The van der Waals surface area contributed by atoms with Crippen LogP contribution in [0.2, 0.25) is 0 Å². The van der Waals surface area contributed by atoms with Gasteiger partial charge in [0.2, 0.25) is 5.91 Å². The zero-order valence-electron chi connectivity index (χ0n) is 15.0. The van der Waals surface area contributed by atoms with Crippen molar-refractivity contribution in [3.05, 3.63) is 47.8 Å². The average molecular weight is 364 g/mol. The van der Waals surface area contributed by atoms with Gasteiger partial charge >= 0.3 is 5.97 Å². The molecule has 1 aliphatic rings. The fourth-order valence-corrected chi connectivity index (χ4v) is 3.35. The first-order valence-electron chi connectivity index (χ1n) is 9.09. The van der Waals surface area contributed by atoms with Crippen LogP contribution < -0.4 is 5.32 Å². The molecule has 2 heterocycles. The summed E-state index contributed by atoms with van der Waals surface area (Å²) in [4.78, 5) is 28.1. The zero-order valence-corrected chi connectivity index (χ0v) is 15.0. The SMILES string of the molecule is CCc1nn2c(-c3cccc(NC(=O)C4CCC4)c3)ccnc2c1C(=O)O. The highest BCUT2D eigenvalue weighted by Crippen LogP contribution is 2.29. The van der Waals surface area contributed by atoms with Gasteiger partial charge in [0.05, 0.1) is 11.4 Å². The van der Waals surface area contributed by atoms with Crippen molar-refractivity contribution in [3.63, 3.8) is 0 Å². The third-order valence-corrected chi connectivity index (χ3v) is 5.04. The molecule has 1 amide bonds. The molecule has 2 aromatic heterocycles. The predicted octanol–water partition coefficient (Wildman–Crippen LogP) is 3.40. The summed E-state index contributed by atoms with van der Waals surface area (Å²) >= 11 is 0. The lowest BCUT2D eigenvalue weighted by Gasteiger charge is -2.24. The number of amides is 1. The van der Waals surface area contributed by atoms with E-state index in [0.717, 1.165) is 36.2 Å². The Labute approximate surface area is 156 Å². The number of nitrogens with one attached hydrogen (secondary N) is 1. The number of carboxylic acid groups (broad SMARTS) is 1. The molecule has 1 saturated carbocycles. The molecule has 0 aliphatic heterocycles. The fourth-order valence-electron chi connectivity index (χ4n) is 3.35. The number of rotatable bonds is 5. The van der Waals surface area contributed by atoms with Crippen LogP contribution in [0.25, 0.3) is 16.9 Å². The van der Waals surface area contributed by atoms with Crippen LogP contribution in [0.1, 0.15) is 42.2 Å². The number of aryl methyl sites for hydroxylation is 1. The summed E-state index contributed by atoms with van der Waals surface area (Å²) in [5, 5.41) is 17.0. The first-order valence-corrected chi connectivity index (χ1v) is 9.09. The third kappa shape index (κ3) is 3.05. The van der Waals surface area contributed by atoms with E-state index in [4.69, 9.17) is 0 Å². The maximum atomic E-state index is 12.2. The number of carbonyl (C=O) groups excluding carboxylic acids is 1. The molecule has 0 spiro atoms. The van der Waals surface area contributed by atoms with Crippen molar-refractivity contribution >= 4 is 23.2 Å². The highest BCUT2D eigenvalue weighted by atomic mass is 16.4. The lowest BCUT2D eigenvalue weighted by molar-refractivity contribution is -0.122. The number of aromatic nitrogens is 3. The molecule has 1 fully saturated rings. The smallest absolute Gasteiger partial charge is 0.341 e. The van der Waals surface area contributed by atoms with Crippen molar-refractivity contribution in [1.82, 2.24) is 14.6 Å². The highest BCUT2D eigenvalue weighted by molar-refractivity contribution is 5.96. The first-order chi connectivity index (χ1) is 13.1. The summed E-state index contributed by atoms with van der Waals surface area (Å²) in [6, 6.07) is 9.28. The molecule has 0 atom stereocenters. The van der Waals surface area contributed by atoms with Gasteiger partial charge in [0.25, 0.3) is 0 Å². The van der Waals surface area contributed by atoms with Gasteiger partial charge in [-0.2, -0.15) is 5.10 Å². The Hall–Kier alpha value is -3.22. The number of carbonyl (C=O) groups is 2. The van der Waals surface area contributed by atoms with Gasteiger partial charge < -0.3 is 10.4 Å². The molecule has 1 aliphatic carbocycles. The molecule has 27 heavy (non-hydrogen) atoms. The highest BCUT2D eigenvalue weighted by Gasteiger charge is 2.25. The Morgan fingerprint density at radius 1 is 1.30 bits per heavy atom. The summed E-state index contributed by atoms with van der Waals surface area (Å²) in [7, 11) is 0. The van der Waals surface area contributed by atoms with E-state index in [0.29, 0.717) is 17.8 Å². The van der Waals surface area contributed by atoms with Gasteiger partial charge in [0.15, 0.2) is 5.65 Å². The molecule has 1 aromatic carbocycles. The fraction of sp³-hybridized carbons (Fsp3) is 0.300. The summed E-state index contributed by atoms with van der Waals surface area (Å²) in [5.74, 6) is -0.871. The number of fused-ring (bicyclic) bond motifs is 1. The molecular weight excluding hydrogens is 344 g/mol. The van der Waals surface area contributed by atoms with E-state index in [1.54, 1.807) is 16.8 Å². The first kappa shape index (κ1) is 17.2. The van der Waals surface area contributed by atoms with E-state index in [9.17, 15) is 14.7 Å². The zero-order chi connectivity index (χ0) is 19.0. The van der Waals surface area contributed by atoms with Crippen LogP contribution in [-0.4, -0.2) is 31.6 Å². The van der Waals surface area contributed by atoms with Crippen molar-refractivity contribution in [1.29, 1.82) is 0 Å². The number of aromatic carboxylic acids is 1. The topological polar surface area (TPSA) is 96.6 Å². The number of nitrogens with zero attached hydrogens (tertiary/aromatic N) is 3. The molecule has 7 heteroatoms. The van der Waals surface area contributed by atoms with Crippen molar-refractivity contribution in [2.45, 2.75) is 32.6 Å². The van der Waals surface area contributed by atoms with Gasteiger partial charge in [0.1, 0.15) is 5.56 Å². The van der Waals surface area contributed by atoms with E-state index < -0.39 is 5.97 Å². The Balaban J connectivity index is 1.75. The van der Waals surface area contributed by atoms with Crippen LogP contribution in [0, 0.1) is 5.92 Å². The Kier molecular flexibility index (Phi) is 4.35. The molecule has 138 valence electrons. The maximum Gasteiger partial charge on any atom is 0.341 e. The summed E-state index contributed by atoms with van der Waals surface area (Å²) in [5.41, 5.74) is 3.22. The average Bonchev–Trinajstić information content (AvgIpc) is 2.99. The van der Waals surface area contributed by atoms with Crippen molar-refractivity contribution < 1.29 is 14.7 Å². The number of carboxylic acids is 1. The summed E-state index contributed by atoms with van der Waals surface area (Å²) < 4.78 is 1.56. The van der Waals surface area contributed by atoms with Gasteiger partial charge in [-0.3, -0.25) is 4.79 Å². The van der Waals surface area contributed by atoms with Crippen molar-refractivity contribution in [2.24, 2.45) is 5.92 Å². The van der Waals surface area contributed by atoms with Crippen LogP contribution in [0.4, 0.5) is 5.69 Å². The largest absolute Gasteiger partial charge is 0.477 e. The monoisotopic (exact) mass is 364 g/mol. The second kappa shape index (κ2) is 6.83. The van der Waals surface area contributed by atoms with Crippen molar-refractivity contribution in [2.75, 3.05) is 5.32 Å². The number of anilines is 1. The van der Waals surface area contributed by atoms with Crippen LogP contribution in [0.3, 0.4) is 0 Å². The quantitative estimate of drug-likeness (QED) is 0.723. The second-order valence-electron chi connectivity index (χ2n) is 6.74. The van der Waals surface area contributed by atoms with Crippen LogP contribution in [0.5, 0.6) is 0 Å². The molecule has 0 saturated heterocycles. The van der Waals surface area contributed by atoms with Gasteiger partial charge in [-0.25, -0.2) is 14.3 Å². The minimum atomic E-state index is -1.03. The van der Waals surface area contributed by atoms with E-state index in [2.05, 4.69) is 15.4 Å². The summed E-state index contributed by atoms with van der Waals surface area (Å²) in [6.07, 6.45) is 5.08. The summed E-state index contributed by atoms with van der Waals surface area (Å²) in [6.45, 7) is 1.87. The molecular formula is C20H20N4O3. The molecule has 0 unspecified atom stereocenters. The number of hydrogen-bond acceptors (Lipinski definition) is 4. The number of benzene rings is 1. The van der Waals surface area contributed by atoms with Gasteiger partial charge in [-0.1, -0.05) is 25.5 Å². The Morgan fingerprint density at radius 3 is 2.78 bits per heavy atom. The second-order valence-corrected chi connectivity index (χ2v) is 6.74. The van der Waals surface area contributed by atoms with Gasteiger partial charge in [-0.15, -0.1) is 0 Å². The molecule has 0 radical (unpaired) electrons. The Bertz CT molecular complexity index is 1040. The van der Waals surface area contributed by atoms with Gasteiger partial charge in [0, 0.05) is 23.4 Å². The molecule has 4 rings (SSSR count). The molecule has 2 N–H and O–H groups in total. The van der Waals surface area contributed by atoms with Gasteiger partial charge in [-0.05, 0) is 37.5 Å². The minimum Gasteiger partial charge on any atom is -0.477 e. The lowest BCUT2D eigenvalue weighted by atomic mass is 9.85. The van der Waals surface area contributed by atoms with E-state index in [1.165, 1.54) is 0 Å². The van der Waals surface area contributed by atoms with Crippen LogP contribution in [0.15, 0.2) is 36.5 Å². The van der Waals surface area contributed by atoms with Crippen LogP contribution in [-0.2, 0) is 11.2 Å². The van der Waals surface area contributed by atoms with E-state index in [-0.39, 0.29) is 17.4 Å². The molecule has 7 nitrogen and oxygen atoms in total. The predicted molar refractivity (Wildman–Crippen MR) is 101 cm³/mol. The molecule has 3 aromatic rings. The normalized spacial score (nSPS) is 14.1. The van der Waals surface area contributed by atoms with E-state index in [1.807, 2.05) is 31.2 Å². The van der Waals surface area contributed by atoms with Crippen molar-refractivity contribution in [3.8, 4) is 11.3 Å². The lowest BCUT2D eigenvalue weighted by Crippen LogP contribution is -2.27. The molecule has 0 bridgehead atoms. The van der Waals surface area contributed by atoms with E-state index >= 15 is 0 Å².